The van der Waals surface area contributed by atoms with Crippen LogP contribution in [0.5, 0.6) is 0 Å². The fourth-order valence-electron chi connectivity index (χ4n) is 8.82. The number of anilines is 4. The maximum absolute atomic E-state index is 4.32. The molecule has 6 aromatic rings. The van der Waals surface area contributed by atoms with Gasteiger partial charge in [0.2, 0.25) is 0 Å². The van der Waals surface area contributed by atoms with Crippen molar-refractivity contribution in [3.8, 4) is 0 Å². The molecule has 2 unspecified atom stereocenters. The SMILES string of the molecule is C1=Cc2c(ccc3c2Nc2c(ccc4c2CC=C4)P(c2ccccc2)c2ccc4c(c2Nc2c(ccc5c2CC=C5)P3c2ccccc2)C=CC4)C1. The molecule has 2 atom stereocenters. The van der Waals surface area contributed by atoms with E-state index in [-0.39, 0.29) is 0 Å². The molecule has 1 heterocycles. The van der Waals surface area contributed by atoms with Gasteiger partial charge < -0.3 is 10.6 Å². The number of fused-ring (bicyclic) bond motifs is 12. The molecule has 2 nitrogen and oxygen atoms in total. The molecule has 1 aliphatic heterocycles. The molecular weight excluding hydrogens is 666 g/mol. The van der Waals surface area contributed by atoms with Gasteiger partial charge in [-0.1, -0.05) is 158 Å². The summed E-state index contributed by atoms with van der Waals surface area (Å²) >= 11 is 0. The molecule has 2 N–H and O–H groups in total. The van der Waals surface area contributed by atoms with Crippen molar-refractivity contribution < 1.29 is 0 Å². The molecule has 11 rings (SSSR count). The molecule has 4 heteroatoms. The van der Waals surface area contributed by atoms with Gasteiger partial charge in [0.25, 0.3) is 0 Å². The molecular formula is C48H36N2P2. The highest BCUT2D eigenvalue weighted by Gasteiger charge is 2.33. The number of nitrogens with one attached hydrogen (secondary N) is 2. The predicted octanol–water partition coefficient (Wildman–Crippen LogP) is 9.28. The van der Waals surface area contributed by atoms with Gasteiger partial charge >= 0.3 is 0 Å². The second-order valence-corrected chi connectivity index (χ2v) is 18.4. The summed E-state index contributed by atoms with van der Waals surface area (Å²) in [6.07, 6.45) is 22.5. The summed E-state index contributed by atoms with van der Waals surface area (Å²) in [5, 5.41) is 16.9. The zero-order valence-corrected chi connectivity index (χ0v) is 30.5. The highest BCUT2D eigenvalue weighted by molar-refractivity contribution is 7.81. The van der Waals surface area contributed by atoms with E-state index in [2.05, 4.69) is 168 Å². The molecule has 6 aromatic carbocycles. The third-order valence-corrected chi connectivity index (χ3v) is 16.3. The van der Waals surface area contributed by atoms with Crippen molar-refractivity contribution >= 4 is 94.7 Å². The molecule has 0 fully saturated rings. The molecule has 0 aromatic heterocycles. The van der Waals surface area contributed by atoms with Crippen molar-refractivity contribution in [1.82, 2.24) is 0 Å². The van der Waals surface area contributed by atoms with Gasteiger partial charge in [-0.05, 0) is 85.5 Å². The standard InChI is InChI=1S/C48H36N2P2/c1-3-15-35(16-4-1)51-41-27-23-31-11-7-19-37(31)45(41)49-47-39-21-9-13-33(39)25-29-43(47)52(36-17-5-2-6-18-36)44-30-26-34-14-10-22-40(34)48(44)50-46-38-20-8-12-32(38)24-28-42(46)51/h1-11,14-18,20-21,23-30,49-50H,12-13,19,22H2. The Morgan fingerprint density at radius 2 is 0.769 bits per heavy atom. The van der Waals surface area contributed by atoms with Gasteiger partial charge in [-0.2, -0.15) is 0 Å². The van der Waals surface area contributed by atoms with Gasteiger partial charge in [-0.15, -0.1) is 0 Å². The van der Waals surface area contributed by atoms with E-state index in [0.29, 0.717) is 0 Å². The van der Waals surface area contributed by atoms with Crippen LogP contribution in [0.25, 0.3) is 24.3 Å². The molecule has 0 saturated carbocycles. The van der Waals surface area contributed by atoms with Crippen LogP contribution in [0.1, 0.15) is 44.5 Å². The van der Waals surface area contributed by atoms with E-state index in [0.717, 1.165) is 25.7 Å². The van der Waals surface area contributed by atoms with Crippen LogP contribution in [0.2, 0.25) is 0 Å². The fraction of sp³-hybridized carbons (Fsp3) is 0.0833. The molecule has 0 radical (unpaired) electrons. The average molecular weight is 703 g/mol. The maximum Gasteiger partial charge on any atom is 0.0545 e. The summed E-state index contributed by atoms with van der Waals surface area (Å²) in [4.78, 5) is 0. The molecule has 5 aliphatic rings. The highest BCUT2D eigenvalue weighted by atomic mass is 31.1. The lowest BCUT2D eigenvalue weighted by atomic mass is 10.0. The summed E-state index contributed by atoms with van der Waals surface area (Å²) in [6, 6.07) is 41.8. The number of allylic oxidation sites excluding steroid dienone is 4. The van der Waals surface area contributed by atoms with E-state index < -0.39 is 15.8 Å². The Morgan fingerprint density at radius 3 is 1.23 bits per heavy atom. The van der Waals surface area contributed by atoms with E-state index in [9.17, 15) is 0 Å². The Bertz CT molecular complexity index is 2400. The van der Waals surface area contributed by atoms with Gasteiger partial charge in [0, 0.05) is 32.3 Å². The molecule has 52 heavy (non-hydrogen) atoms. The summed E-state index contributed by atoms with van der Waals surface area (Å²) in [5.74, 6) is 0. The zero-order valence-electron chi connectivity index (χ0n) is 28.7. The van der Waals surface area contributed by atoms with Crippen LogP contribution in [0.15, 0.2) is 133 Å². The lowest BCUT2D eigenvalue weighted by molar-refractivity contribution is 1.29. The minimum absolute atomic E-state index is 0.928. The van der Waals surface area contributed by atoms with E-state index in [4.69, 9.17) is 0 Å². The summed E-state index contributed by atoms with van der Waals surface area (Å²) in [5.41, 5.74) is 15.9. The monoisotopic (exact) mass is 702 g/mol. The average Bonchev–Trinajstić information content (AvgIpc) is 4.02. The normalized spacial score (nSPS) is 18.1. The molecule has 248 valence electrons. The van der Waals surface area contributed by atoms with E-state index in [1.54, 1.807) is 0 Å². The molecule has 0 bridgehead atoms. The first-order chi connectivity index (χ1) is 25.8. The van der Waals surface area contributed by atoms with E-state index in [1.807, 2.05) is 0 Å². The molecule has 0 amide bonds. The van der Waals surface area contributed by atoms with Crippen molar-refractivity contribution in [3.63, 3.8) is 0 Å². The molecule has 0 spiro atoms. The Hall–Kier alpha value is -5.26. The number of benzene rings is 6. The van der Waals surface area contributed by atoms with Crippen LogP contribution in [0.3, 0.4) is 0 Å². The minimum Gasteiger partial charge on any atom is -0.354 e. The van der Waals surface area contributed by atoms with Crippen molar-refractivity contribution in [2.45, 2.75) is 25.7 Å². The van der Waals surface area contributed by atoms with Gasteiger partial charge in [0.1, 0.15) is 0 Å². The Morgan fingerprint density at radius 1 is 0.365 bits per heavy atom. The van der Waals surface area contributed by atoms with Crippen LogP contribution in [-0.2, 0) is 25.7 Å². The Labute approximate surface area is 307 Å². The van der Waals surface area contributed by atoms with Gasteiger partial charge in [0.15, 0.2) is 0 Å². The second kappa shape index (κ2) is 12.2. The van der Waals surface area contributed by atoms with Crippen molar-refractivity contribution in [3.05, 3.63) is 178 Å². The first kappa shape index (κ1) is 30.4. The van der Waals surface area contributed by atoms with Gasteiger partial charge in [-0.25, -0.2) is 0 Å². The number of rotatable bonds is 2. The zero-order chi connectivity index (χ0) is 34.2. The lowest BCUT2D eigenvalue weighted by Crippen LogP contribution is -2.30. The lowest BCUT2D eigenvalue weighted by Gasteiger charge is -2.33. The van der Waals surface area contributed by atoms with Crippen LogP contribution in [0, 0.1) is 0 Å². The first-order valence-corrected chi connectivity index (χ1v) is 21.0. The van der Waals surface area contributed by atoms with E-state index >= 15 is 0 Å². The maximum atomic E-state index is 4.32. The van der Waals surface area contributed by atoms with Crippen LogP contribution < -0.4 is 42.5 Å². The van der Waals surface area contributed by atoms with Crippen LogP contribution >= 0.6 is 15.8 Å². The largest absolute Gasteiger partial charge is 0.354 e. The van der Waals surface area contributed by atoms with Crippen LogP contribution in [0.4, 0.5) is 22.7 Å². The van der Waals surface area contributed by atoms with E-state index in [1.165, 1.54) is 99.1 Å². The minimum atomic E-state index is -0.965. The third kappa shape index (κ3) is 4.71. The number of hydrogen-bond acceptors (Lipinski definition) is 2. The first-order valence-electron chi connectivity index (χ1n) is 18.3. The van der Waals surface area contributed by atoms with Crippen molar-refractivity contribution in [2.75, 3.05) is 10.6 Å². The number of hydrogen-bond donors (Lipinski definition) is 2. The summed E-state index contributed by atoms with van der Waals surface area (Å²) < 4.78 is 0. The Kier molecular flexibility index (Phi) is 7.11. The molecule has 4 aliphatic carbocycles. The van der Waals surface area contributed by atoms with Crippen molar-refractivity contribution in [1.29, 1.82) is 0 Å². The summed E-state index contributed by atoms with van der Waals surface area (Å²) in [7, 11) is -1.93. The van der Waals surface area contributed by atoms with Gasteiger partial charge in [0.05, 0.1) is 22.7 Å². The summed E-state index contributed by atoms with van der Waals surface area (Å²) in [6.45, 7) is 0. The second-order valence-electron chi connectivity index (χ2n) is 14.1. The smallest absolute Gasteiger partial charge is 0.0545 e. The Balaban J connectivity index is 1.29. The topological polar surface area (TPSA) is 24.1 Å². The van der Waals surface area contributed by atoms with Crippen molar-refractivity contribution in [2.24, 2.45) is 0 Å². The quantitative estimate of drug-likeness (QED) is 0.176. The highest BCUT2D eigenvalue weighted by Crippen LogP contribution is 2.49. The fourth-order valence-corrected chi connectivity index (χ4v) is 13.9. The third-order valence-electron chi connectivity index (χ3n) is 11.3. The molecule has 0 saturated heterocycles. The van der Waals surface area contributed by atoms with Gasteiger partial charge in [-0.3, -0.25) is 0 Å². The predicted molar refractivity (Wildman–Crippen MR) is 228 cm³/mol. The van der Waals surface area contributed by atoms with Crippen LogP contribution in [-0.4, -0.2) is 0 Å².